The number of carbonyl (C=O) groups excluding carboxylic acids is 1. The number of aromatic nitrogens is 3. The summed E-state index contributed by atoms with van der Waals surface area (Å²) >= 11 is 1.30. The van der Waals surface area contributed by atoms with Gasteiger partial charge in [-0.3, -0.25) is 9.89 Å². The van der Waals surface area contributed by atoms with Crippen molar-refractivity contribution in [2.75, 3.05) is 0 Å². The lowest BCUT2D eigenvalue weighted by Crippen LogP contribution is -2.24. The first-order chi connectivity index (χ1) is 5.74. The minimum Gasteiger partial charge on any atom is -0.369 e. The molecule has 0 aliphatic rings. The maximum Gasteiger partial charge on any atom is 0.231 e. The summed E-state index contributed by atoms with van der Waals surface area (Å²) in [6.45, 7) is 1.90. The summed E-state index contributed by atoms with van der Waals surface area (Å²) in [4.78, 5) is 14.7. The molecule has 1 rings (SSSR count). The topological polar surface area (TPSA) is 84.7 Å². The van der Waals surface area contributed by atoms with Crippen LogP contribution in [0, 0.1) is 0 Å². The van der Waals surface area contributed by atoms with Gasteiger partial charge in [-0.05, 0) is 6.42 Å². The van der Waals surface area contributed by atoms with Crippen molar-refractivity contribution in [2.45, 2.75) is 23.8 Å². The predicted octanol–water partition coefficient (Wildman–Crippen LogP) is 0.161. The summed E-state index contributed by atoms with van der Waals surface area (Å²) in [5.41, 5.74) is 5.14. The Morgan fingerprint density at radius 1 is 1.92 bits per heavy atom. The average Bonchev–Trinajstić information content (AvgIpc) is 2.51. The van der Waals surface area contributed by atoms with Crippen molar-refractivity contribution in [1.29, 1.82) is 0 Å². The number of hydrogen-bond acceptors (Lipinski definition) is 4. The third-order valence-corrected chi connectivity index (χ3v) is 2.61. The number of amides is 1. The first kappa shape index (κ1) is 9.05. The fourth-order valence-corrected chi connectivity index (χ4v) is 1.49. The largest absolute Gasteiger partial charge is 0.369 e. The molecule has 6 heteroatoms. The summed E-state index contributed by atoms with van der Waals surface area (Å²) in [6.07, 6.45) is 2.09. The van der Waals surface area contributed by atoms with E-state index in [0.29, 0.717) is 11.6 Å². The Kier molecular flexibility index (Phi) is 3.09. The fourth-order valence-electron chi connectivity index (χ4n) is 0.728. The first-order valence-corrected chi connectivity index (χ1v) is 4.43. The van der Waals surface area contributed by atoms with Crippen LogP contribution in [0.25, 0.3) is 0 Å². The van der Waals surface area contributed by atoms with Crippen LogP contribution in [0.15, 0.2) is 11.5 Å². The summed E-state index contributed by atoms with van der Waals surface area (Å²) in [6, 6.07) is 0. The van der Waals surface area contributed by atoms with E-state index in [-0.39, 0.29) is 11.2 Å². The molecule has 1 aromatic heterocycles. The van der Waals surface area contributed by atoms with E-state index >= 15 is 0 Å². The van der Waals surface area contributed by atoms with Crippen LogP contribution in [-0.2, 0) is 4.79 Å². The first-order valence-electron chi connectivity index (χ1n) is 3.55. The number of nitrogens with zero attached hydrogens (tertiary/aromatic N) is 2. The Labute approximate surface area is 74.1 Å². The Morgan fingerprint density at radius 2 is 2.67 bits per heavy atom. The van der Waals surface area contributed by atoms with E-state index in [1.165, 1.54) is 18.1 Å². The number of thioether (sulfide) groups is 1. The number of carbonyl (C=O) groups is 1. The van der Waals surface area contributed by atoms with Gasteiger partial charge in [-0.1, -0.05) is 18.7 Å². The molecule has 0 aliphatic carbocycles. The van der Waals surface area contributed by atoms with Crippen molar-refractivity contribution in [3.05, 3.63) is 6.33 Å². The Hall–Kier alpha value is -1.04. The SMILES string of the molecule is CCC(Sc1ncn[nH]1)C(N)=O. The van der Waals surface area contributed by atoms with Crippen LogP contribution in [0.1, 0.15) is 13.3 Å². The van der Waals surface area contributed by atoms with E-state index in [4.69, 9.17) is 5.73 Å². The van der Waals surface area contributed by atoms with Gasteiger partial charge < -0.3 is 5.73 Å². The number of aromatic amines is 1. The smallest absolute Gasteiger partial charge is 0.231 e. The zero-order chi connectivity index (χ0) is 8.97. The minimum absolute atomic E-state index is 0.224. The lowest BCUT2D eigenvalue weighted by atomic mass is 10.3. The molecule has 5 nitrogen and oxygen atoms in total. The Morgan fingerprint density at radius 3 is 3.08 bits per heavy atom. The van der Waals surface area contributed by atoms with Crippen LogP contribution in [0.3, 0.4) is 0 Å². The van der Waals surface area contributed by atoms with E-state index in [1.807, 2.05) is 6.92 Å². The lowest BCUT2D eigenvalue weighted by Gasteiger charge is -2.06. The molecule has 1 heterocycles. The highest BCUT2D eigenvalue weighted by molar-refractivity contribution is 8.00. The van der Waals surface area contributed by atoms with Gasteiger partial charge in [-0.15, -0.1) is 0 Å². The maximum atomic E-state index is 10.8. The zero-order valence-electron chi connectivity index (χ0n) is 6.65. The van der Waals surface area contributed by atoms with Crippen molar-refractivity contribution in [3.63, 3.8) is 0 Å². The minimum atomic E-state index is -0.320. The standard InChI is InChI=1S/C6H10N4OS/c1-2-4(5(7)11)12-6-8-3-9-10-6/h3-4H,2H2,1H3,(H2,7,11)(H,8,9,10). The van der Waals surface area contributed by atoms with Crippen molar-refractivity contribution < 1.29 is 4.79 Å². The van der Waals surface area contributed by atoms with Crippen LogP contribution in [0.4, 0.5) is 0 Å². The molecule has 0 radical (unpaired) electrons. The lowest BCUT2D eigenvalue weighted by molar-refractivity contribution is -0.117. The summed E-state index contributed by atoms with van der Waals surface area (Å²) in [7, 11) is 0. The van der Waals surface area contributed by atoms with Crippen LogP contribution in [0.5, 0.6) is 0 Å². The second-order valence-electron chi connectivity index (χ2n) is 2.21. The number of nitrogens with two attached hydrogens (primary N) is 1. The molecule has 66 valence electrons. The molecule has 0 fully saturated rings. The Balaban J connectivity index is 2.54. The van der Waals surface area contributed by atoms with Crippen LogP contribution < -0.4 is 5.73 Å². The molecular formula is C6H10N4OS. The molecule has 1 unspecified atom stereocenters. The molecule has 0 aliphatic heterocycles. The second-order valence-corrected chi connectivity index (χ2v) is 3.40. The summed E-state index contributed by atoms with van der Waals surface area (Å²) in [5, 5.41) is 6.71. The van der Waals surface area contributed by atoms with E-state index in [1.54, 1.807) is 0 Å². The van der Waals surface area contributed by atoms with Gasteiger partial charge in [-0.25, -0.2) is 4.98 Å². The molecular weight excluding hydrogens is 176 g/mol. The Bertz CT molecular complexity index is 248. The molecule has 12 heavy (non-hydrogen) atoms. The molecule has 1 atom stereocenters. The normalized spacial score (nSPS) is 12.8. The van der Waals surface area contributed by atoms with Gasteiger partial charge in [0.15, 0.2) is 5.16 Å². The van der Waals surface area contributed by atoms with Gasteiger partial charge in [0, 0.05) is 0 Å². The molecule has 1 amide bonds. The van der Waals surface area contributed by atoms with Gasteiger partial charge in [-0.2, -0.15) is 5.10 Å². The molecule has 3 N–H and O–H groups in total. The summed E-state index contributed by atoms with van der Waals surface area (Å²) in [5.74, 6) is -0.320. The number of primary amides is 1. The van der Waals surface area contributed by atoms with Crippen molar-refractivity contribution in [1.82, 2.24) is 15.2 Å². The van der Waals surface area contributed by atoms with E-state index < -0.39 is 0 Å². The summed E-state index contributed by atoms with van der Waals surface area (Å²) < 4.78 is 0. The number of H-pyrrole nitrogens is 1. The van der Waals surface area contributed by atoms with Crippen molar-refractivity contribution >= 4 is 17.7 Å². The highest BCUT2D eigenvalue weighted by Gasteiger charge is 2.15. The molecule has 0 spiro atoms. The molecule has 0 saturated heterocycles. The van der Waals surface area contributed by atoms with Crippen LogP contribution in [-0.4, -0.2) is 26.3 Å². The van der Waals surface area contributed by atoms with Gasteiger partial charge >= 0.3 is 0 Å². The quantitative estimate of drug-likeness (QED) is 0.656. The molecule has 1 aromatic rings. The second kappa shape index (κ2) is 4.10. The predicted molar refractivity (Wildman–Crippen MR) is 45.5 cm³/mol. The number of nitrogens with one attached hydrogen (secondary N) is 1. The maximum absolute atomic E-state index is 10.8. The highest BCUT2D eigenvalue weighted by Crippen LogP contribution is 2.20. The highest BCUT2D eigenvalue weighted by atomic mass is 32.2. The van der Waals surface area contributed by atoms with E-state index in [0.717, 1.165) is 0 Å². The zero-order valence-corrected chi connectivity index (χ0v) is 7.47. The number of rotatable bonds is 4. The van der Waals surface area contributed by atoms with Crippen LogP contribution in [0.2, 0.25) is 0 Å². The fraction of sp³-hybridized carbons (Fsp3) is 0.500. The third kappa shape index (κ3) is 2.23. The van der Waals surface area contributed by atoms with E-state index in [2.05, 4.69) is 15.2 Å². The molecule has 0 bridgehead atoms. The van der Waals surface area contributed by atoms with Crippen LogP contribution >= 0.6 is 11.8 Å². The number of hydrogen-bond donors (Lipinski definition) is 2. The van der Waals surface area contributed by atoms with Gasteiger partial charge in [0.2, 0.25) is 5.91 Å². The van der Waals surface area contributed by atoms with Gasteiger partial charge in [0.1, 0.15) is 6.33 Å². The molecule has 0 aromatic carbocycles. The van der Waals surface area contributed by atoms with E-state index in [9.17, 15) is 4.79 Å². The van der Waals surface area contributed by atoms with Gasteiger partial charge in [0.25, 0.3) is 0 Å². The third-order valence-electron chi connectivity index (χ3n) is 1.33. The van der Waals surface area contributed by atoms with Crippen molar-refractivity contribution in [2.24, 2.45) is 5.73 Å². The average molecular weight is 186 g/mol. The van der Waals surface area contributed by atoms with Crippen molar-refractivity contribution in [3.8, 4) is 0 Å². The monoisotopic (exact) mass is 186 g/mol. The molecule has 0 saturated carbocycles. The van der Waals surface area contributed by atoms with Gasteiger partial charge in [0.05, 0.1) is 5.25 Å².